The van der Waals surface area contributed by atoms with Crippen molar-refractivity contribution in [1.29, 1.82) is 0 Å². The lowest BCUT2D eigenvalue weighted by Crippen LogP contribution is -2.46. The average molecular weight is 450 g/mol. The number of rotatable bonds is 8. The molecule has 1 atom stereocenters. The standard InChI is InChI=1S/C27H39N5O/c1-28-27(32-17-14-24(22-32)23-10-12-26(33-2)13-11-23)29-15-6-7-16-30-18-20-31(21-19-30)25-8-4-3-5-9-25/h3-5,8-13,24H,6-7,14-22H2,1-2H3,(H,28,29). The van der Waals surface area contributed by atoms with Crippen molar-refractivity contribution in [2.24, 2.45) is 4.99 Å². The van der Waals surface area contributed by atoms with Gasteiger partial charge in [0.25, 0.3) is 0 Å². The number of hydrogen-bond acceptors (Lipinski definition) is 4. The third-order valence-corrected chi connectivity index (χ3v) is 6.96. The Kier molecular flexibility index (Phi) is 8.47. The van der Waals surface area contributed by atoms with Crippen LogP contribution in [0, 0.1) is 0 Å². The molecule has 1 N–H and O–H groups in total. The smallest absolute Gasteiger partial charge is 0.193 e. The van der Waals surface area contributed by atoms with Crippen LogP contribution in [-0.2, 0) is 0 Å². The largest absolute Gasteiger partial charge is 0.497 e. The first kappa shape index (κ1) is 23.4. The summed E-state index contributed by atoms with van der Waals surface area (Å²) in [7, 11) is 3.61. The Morgan fingerprint density at radius 3 is 2.42 bits per heavy atom. The highest BCUT2D eigenvalue weighted by atomic mass is 16.5. The number of guanidine groups is 1. The van der Waals surface area contributed by atoms with Crippen molar-refractivity contribution in [1.82, 2.24) is 15.1 Å². The second-order valence-electron chi connectivity index (χ2n) is 9.05. The molecule has 0 saturated carbocycles. The van der Waals surface area contributed by atoms with Gasteiger partial charge in [-0.1, -0.05) is 30.3 Å². The van der Waals surface area contributed by atoms with Crippen LogP contribution in [0.5, 0.6) is 5.75 Å². The van der Waals surface area contributed by atoms with E-state index in [1.54, 1.807) is 7.11 Å². The van der Waals surface area contributed by atoms with Crippen LogP contribution in [0.15, 0.2) is 59.6 Å². The number of aliphatic imine (C=N–C) groups is 1. The molecule has 1 unspecified atom stereocenters. The predicted molar refractivity (Wildman–Crippen MR) is 138 cm³/mol. The van der Waals surface area contributed by atoms with E-state index in [1.807, 2.05) is 7.05 Å². The molecule has 0 radical (unpaired) electrons. The van der Waals surface area contributed by atoms with Crippen molar-refractivity contribution in [3.05, 3.63) is 60.2 Å². The number of methoxy groups -OCH3 is 1. The first-order valence-electron chi connectivity index (χ1n) is 12.4. The van der Waals surface area contributed by atoms with E-state index < -0.39 is 0 Å². The highest BCUT2D eigenvalue weighted by Crippen LogP contribution is 2.28. The fraction of sp³-hybridized carbons (Fsp3) is 0.519. The predicted octanol–water partition coefficient (Wildman–Crippen LogP) is 3.66. The fourth-order valence-corrected chi connectivity index (χ4v) is 4.96. The number of nitrogens with zero attached hydrogens (tertiary/aromatic N) is 4. The average Bonchev–Trinajstić information content (AvgIpc) is 3.37. The lowest BCUT2D eigenvalue weighted by Gasteiger charge is -2.36. The maximum absolute atomic E-state index is 5.29. The molecule has 0 aliphatic carbocycles. The number of anilines is 1. The Hall–Kier alpha value is -2.73. The maximum Gasteiger partial charge on any atom is 0.193 e. The summed E-state index contributed by atoms with van der Waals surface area (Å²) < 4.78 is 5.29. The van der Waals surface area contributed by atoms with Gasteiger partial charge in [0.05, 0.1) is 7.11 Å². The second-order valence-corrected chi connectivity index (χ2v) is 9.05. The Morgan fingerprint density at radius 2 is 1.73 bits per heavy atom. The van der Waals surface area contributed by atoms with Gasteiger partial charge in [-0.2, -0.15) is 0 Å². The van der Waals surface area contributed by atoms with E-state index in [0.717, 1.165) is 57.5 Å². The van der Waals surface area contributed by atoms with E-state index in [9.17, 15) is 0 Å². The Morgan fingerprint density at radius 1 is 0.970 bits per heavy atom. The minimum atomic E-state index is 0.559. The van der Waals surface area contributed by atoms with Gasteiger partial charge >= 0.3 is 0 Å². The second kappa shape index (κ2) is 11.9. The Labute approximate surface area is 199 Å². The van der Waals surface area contributed by atoms with Gasteiger partial charge in [-0.05, 0) is 55.6 Å². The number of para-hydroxylation sites is 1. The van der Waals surface area contributed by atoms with Crippen LogP contribution in [0.2, 0.25) is 0 Å². The van der Waals surface area contributed by atoms with E-state index in [4.69, 9.17) is 4.74 Å². The van der Waals surface area contributed by atoms with Crippen molar-refractivity contribution in [3.8, 4) is 5.75 Å². The zero-order valence-electron chi connectivity index (χ0n) is 20.2. The number of likely N-dealkylation sites (tertiary alicyclic amines) is 1. The lowest BCUT2D eigenvalue weighted by atomic mass is 9.98. The Balaban J connectivity index is 1.12. The summed E-state index contributed by atoms with van der Waals surface area (Å²) in [4.78, 5) is 12.0. The monoisotopic (exact) mass is 449 g/mol. The van der Waals surface area contributed by atoms with Gasteiger partial charge in [0.1, 0.15) is 5.75 Å². The molecule has 0 aromatic heterocycles. The Bertz CT molecular complexity index is 862. The number of hydrogen-bond donors (Lipinski definition) is 1. The van der Waals surface area contributed by atoms with Crippen LogP contribution in [0.3, 0.4) is 0 Å². The van der Waals surface area contributed by atoms with Crippen molar-refractivity contribution in [2.45, 2.75) is 25.2 Å². The van der Waals surface area contributed by atoms with Crippen LogP contribution in [-0.4, -0.2) is 82.3 Å². The van der Waals surface area contributed by atoms with Gasteiger partial charge in [-0.15, -0.1) is 0 Å². The molecule has 178 valence electrons. The van der Waals surface area contributed by atoms with Gasteiger partial charge in [0.15, 0.2) is 5.96 Å². The molecule has 6 nitrogen and oxygen atoms in total. The summed E-state index contributed by atoms with van der Waals surface area (Å²) in [5.41, 5.74) is 2.74. The minimum Gasteiger partial charge on any atom is -0.497 e. The first-order valence-corrected chi connectivity index (χ1v) is 12.4. The van der Waals surface area contributed by atoms with Crippen molar-refractivity contribution in [3.63, 3.8) is 0 Å². The van der Waals surface area contributed by atoms with Crippen molar-refractivity contribution >= 4 is 11.6 Å². The molecular formula is C27H39N5O. The summed E-state index contributed by atoms with van der Waals surface area (Å²) >= 11 is 0. The number of benzene rings is 2. The molecule has 4 rings (SSSR count). The highest BCUT2D eigenvalue weighted by molar-refractivity contribution is 5.80. The number of unbranched alkanes of at least 4 members (excludes halogenated alkanes) is 1. The van der Waals surface area contributed by atoms with Gasteiger partial charge in [-0.25, -0.2) is 0 Å². The molecule has 2 aromatic rings. The van der Waals surface area contributed by atoms with Gasteiger partial charge < -0.3 is 19.9 Å². The van der Waals surface area contributed by atoms with E-state index in [1.165, 1.54) is 37.1 Å². The summed E-state index contributed by atoms with van der Waals surface area (Å²) in [5.74, 6) is 2.52. The van der Waals surface area contributed by atoms with Crippen LogP contribution in [0.4, 0.5) is 5.69 Å². The quantitative estimate of drug-likeness (QED) is 0.379. The molecule has 0 bridgehead atoms. The molecule has 2 fully saturated rings. The molecule has 6 heteroatoms. The molecule has 2 aliphatic heterocycles. The molecular weight excluding hydrogens is 410 g/mol. The fourth-order valence-electron chi connectivity index (χ4n) is 4.96. The van der Waals surface area contributed by atoms with E-state index in [2.05, 4.69) is 79.6 Å². The highest BCUT2D eigenvalue weighted by Gasteiger charge is 2.26. The molecule has 2 saturated heterocycles. The molecule has 0 spiro atoms. The topological polar surface area (TPSA) is 43.3 Å². The number of nitrogens with one attached hydrogen (secondary N) is 1. The summed E-state index contributed by atoms with van der Waals surface area (Å²) in [6, 6.07) is 19.3. The normalized spacial score (nSPS) is 19.7. The molecule has 2 aromatic carbocycles. The number of ether oxygens (including phenoxy) is 1. The molecule has 33 heavy (non-hydrogen) atoms. The van der Waals surface area contributed by atoms with Crippen molar-refractivity contribution < 1.29 is 4.74 Å². The van der Waals surface area contributed by atoms with Crippen LogP contribution >= 0.6 is 0 Å². The van der Waals surface area contributed by atoms with Crippen LogP contribution in [0.1, 0.15) is 30.7 Å². The third kappa shape index (κ3) is 6.41. The SMILES string of the molecule is CN=C(NCCCCN1CCN(c2ccccc2)CC1)N1CCC(c2ccc(OC)cc2)C1. The lowest BCUT2D eigenvalue weighted by molar-refractivity contribution is 0.253. The van der Waals surface area contributed by atoms with Crippen LogP contribution in [0.25, 0.3) is 0 Å². The van der Waals surface area contributed by atoms with E-state index in [0.29, 0.717) is 5.92 Å². The first-order chi connectivity index (χ1) is 16.3. The van der Waals surface area contributed by atoms with Gasteiger partial charge in [0, 0.05) is 64.5 Å². The summed E-state index contributed by atoms with van der Waals surface area (Å²) in [6.07, 6.45) is 3.57. The zero-order chi connectivity index (χ0) is 22.9. The van der Waals surface area contributed by atoms with Gasteiger partial charge in [0.2, 0.25) is 0 Å². The van der Waals surface area contributed by atoms with E-state index >= 15 is 0 Å². The number of piperazine rings is 1. The zero-order valence-corrected chi connectivity index (χ0v) is 20.2. The van der Waals surface area contributed by atoms with Crippen molar-refractivity contribution in [2.75, 3.05) is 71.4 Å². The summed E-state index contributed by atoms with van der Waals surface area (Å²) in [5, 5.41) is 3.60. The van der Waals surface area contributed by atoms with E-state index in [-0.39, 0.29) is 0 Å². The molecule has 2 aliphatic rings. The summed E-state index contributed by atoms with van der Waals surface area (Å²) in [6.45, 7) is 8.82. The van der Waals surface area contributed by atoms with Gasteiger partial charge in [-0.3, -0.25) is 9.89 Å². The molecule has 2 heterocycles. The van der Waals surface area contributed by atoms with Crippen LogP contribution < -0.4 is 15.0 Å². The molecule has 0 amide bonds. The maximum atomic E-state index is 5.29. The third-order valence-electron chi connectivity index (χ3n) is 6.96. The minimum absolute atomic E-state index is 0.559.